The standard InChI is InChI=1S/C19H23N3O2S/c1-22(2)19-21-15-10-20-17(23)9-14(18(15)25-19)13-7-11-5-4-6-12(11)8-16(13)24-3/h7-8,14H,4-6,9-10H2,1-3H3,(H,20,23)/t14-/m1/s1. The Labute approximate surface area is 152 Å². The Kier molecular flexibility index (Phi) is 4.15. The van der Waals surface area contributed by atoms with E-state index in [1.54, 1.807) is 18.4 Å². The van der Waals surface area contributed by atoms with Crippen LogP contribution in [0.4, 0.5) is 5.13 Å². The van der Waals surface area contributed by atoms with Gasteiger partial charge in [-0.15, -0.1) is 11.3 Å². The molecule has 1 amide bonds. The summed E-state index contributed by atoms with van der Waals surface area (Å²) in [4.78, 5) is 20.2. The molecule has 1 aromatic carbocycles. The minimum absolute atomic E-state index is 0.00421. The lowest BCUT2D eigenvalue weighted by Crippen LogP contribution is -2.21. The number of carbonyl (C=O) groups is 1. The molecular formula is C19H23N3O2S. The second kappa shape index (κ2) is 6.33. The molecule has 1 aliphatic heterocycles. The fraction of sp³-hybridized carbons (Fsp3) is 0.474. The predicted molar refractivity (Wildman–Crippen MR) is 99.8 cm³/mol. The molecule has 0 radical (unpaired) electrons. The van der Waals surface area contributed by atoms with Gasteiger partial charge in [-0.1, -0.05) is 6.07 Å². The van der Waals surface area contributed by atoms with Crippen molar-refractivity contribution in [3.63, 3.8) is 0 Å². The molecule has 1 aromatic heterocycles. The number of carbonyl (C=O) groups excluding carboxylic acids is 1. The fourth-order valence-corrected chi connectivity index (χ4v) is 4.92. The molecule has 0 unspecified atom stereocenters. The number of anilines is 1. The van der Waals surface area contributed by atoms with E-state index in [-0.39, 0.29) is 11.8 Å². The second-order valence-corrected chi connectivity index (χ2v) is 7.96. The third-order valence-electron chi connectivity index (χ3n) is 5.08. The SMILES string of the molecule is COc1cc2c(cc1[C@H]1CC(=O)NCc3nc(N(C)C)sc31)CCC2. The smallest absolute Gasteiger partial charge is 0.221 e. The summed E-state index contributed by atoms with van der Waals surface area (Å²) in [5.41, 5.74) is 4.89. The summed E-state index contributed by atoms with van der Waals surface area (Å²) in [5, 5.41) is 3.97. The Hall–Kier alpha value is -2.08. The first-order valence-electron chi connectivity index (χ1n) is 8.70. The number of amides is 1. The van der Waals surface area contributed by atoms with E-state index in [1.807, 2.05) is 19.0 Å². The maximum absolute atomic E-state index is 12.3. The first kappa shape index (κ1) is 16.4. The molecule has 0 spiro atoms. The summed E-state index contributed by atoms with van der Waals surface area (Å²) in [6, 6.07) is 4.44. The van der Waals surface area contributed by atoms with Crippen LogP contribution >= 0.6 is 11.3 Å². The molecule has 1 atom stereocenters. The molecular weight excluding hydrogens is 334 g/mol. The van der Waals surface area contributed by atoms with Crippen molar-refractivity contribution in [1.82, 2.24) is 10.3 Å². The van der Waals surface area contributed by atoms with E-state index >= 15 is 0 Å². The van der Waals surface area contributed by atoms with Gasteiger partial charge in [0.1, 0.15) is 5.75 Å². The highest BCUT2D eigenvalue weighted by molar-refractivity contribution is 7.15. The molecule has 0 saturated heterocycles. The van der Waals surface area contributed by atoms with Crippen molar-refractivity contribution in [2.45, 2.75) is 38.1 Å². The zero-order valence-corrected chi connectivity index (χ0v) is 15.7. The number of nitrogens with zero attached hydrogens (tertiary/aromatic N) is 2. The van der Waals surface area contributed by atoms with E-state index < -0.39 is 0 Å². The van der Waals surface area contributed by atoms with Crippen LogP contribution in [0.25, 0.3) is 0 Å². The quantitative estimate of drug-likeness (QED) is 0.918. The van der Waals surface area contributed by atoms with Crippen LogP contribution in [0.1, 0.15) is 46.0 Å². The molecule has 1 aliphatic carbocycles. The van der Waals surface area contributed by atoms with Gasteiger partial charge in [0.05, 0.1) is 19.3 Å². The van der Waals surface area contributed by atoms with Gasteiger partial charge in [0, 0.05) is 36.9 Å². The van der Waals surface area contributed by atoms with E-state index in [2.05, 4.69) is 17.4 Å². The van der Waals surface area contributed by atoms with Crippen molar-refractivity contribution in [3.05, 3.63) is 39.4 Å². The van der Waals surface area contributed by atoms with Gasteiger partial charge in [0.15, 0.2) is 5.13 Å². The monoisotopic (exact) mass is 357 g/mol. The summed E-state index contributed by atoms with van der Waals surface area (Å²) in [5.74, 6) is 0.972. The summed E-state index contributed by atoms with van der Waals surface area (Å²) in [6.07, 6.45) is 3.87. The number of thiazole rings is 1. The van der Waals surface area contributed by atoms with Crippen molar-refractivity contribution in [2.24, 2.45) is 0 Å². The lowest BCUT2D eigenvalue weighted by Gasteiger charge is -2.19. The van der Waals surface area contributed by atoms with E-state index in [1.165, 1.54) is 22.4 Å². The van der Waals surface area contributed by atoms with Gasteiger partial charge in [-0.25, -0.2) is 4.98 Å². The van der Waals surface area contributed by atoms with Crippen LogP contribution in [0, 0.1) is 0 Å². The summed E-state index contributed by atoms with van der Waals surface area (Å²) in [6.45, 7) is 0.502. The minimum atomic E-state index is 0.00421. The van der Waals surface area contributed by atoms with Crippen LogP contribution in [0.2, 0.25) is 0 Å². The van der Waals surface area contributed by atoms with E-state index in [0.717, 1.165) is 35.0 Å². The van der Waals surface area contributed by atoms with Crippen LogP contribution in [-0.2, 0) is 24.2 Å². The third-order valence-corrected chi connectivity index (χ3v) is 6.46. The van der Waals surface area contributed by atoms with Gasteiger partial charge in [-0.05, 0) is 36.5 Å². The van der Waals surface area contributed by atoms with Gasteiger partial charge in [0.25, 0.3) is 0 Å². The van der Waals surface area contributed by atoms with Gasteiger partial charge < -0.3 is 15.0 Å². The van der Waals surface area contributed by atoms with E-state index in [9.17, 15) is 4.79 Å². The first-order chi connectivity index (χ1) is 12.1. The molecule has 132 valence electrons. The van der Waals surface area contributed by atoms with E-state index in [0.29, 0.717) is 13.0 Å². The molecule has 2 aliphatic rings. The van der Waals surface area contributed by atoms with E-state index in [4.69, 9.17) is 9.72 Å². The summed E-state index contributed by atoms with van der Waals surface area (Å²) in [7, 11) is 5.72. The number of aromatic nitrogens is 1. The Morgan fingerprint density at radius 1 is 1.28 bits per heavy atom. The largest absolute Gasteiger partial charge is 0.496 e. The maximum Gasteiger partial charge on any atom is 0.221 e. The van der Waals surface area contributed by atoms with Crippen molar-refractivity contribution in [3.8, 4) is 5.75 Å². The molecule has 6 heteroatoms. The minimum Gasteiger partial charge on any atom is -0.496 e. The highest BCUT2D eigenvalue weighted by Crippen LogP contribution is 2.43. The van der Waals surface area contributed by atoms with Gasteiger partial charge in [-0.2, -0.15) is 0 Å². The average Bonchev–Trinajstić information content (AvgIpc) is 3.20. The van der Waals surface area contributed by atoms with Gasteiger partial charge in [-0.3, -0.25) is 4.79 Å². The van der Waals surface area contributed by atoms with Crippen LogP contribution in [0.3, 0.4) is 0 Å². The molecule has 0 saturated carbocycles. The maximum atomic E-state index is 12.3. The molecule has 5 nitrogen and oxygen atoms in total. The number of fused-ring (bicyclic) bond motifs is 2. The summed E-state index contributed by atoms with van der Waals surface area (Å²) < 4.78 is 5.71. The Bertz CT molecular complexity index is 828. The zero-order chi connectivity index (χ0) is 17.6. The van der Waals surface area contributed by atoms with Crippen LogP contribution in [0.5, 0.6) is 5.75 Å². The predicted octanol–water partition coefficient (Wildman–Crippen LogP) is 2.86. The Morgan fingerprint density at radius 2 is 2.04 bits per heavy atom. The molecule has 2 aromatic rings. The lowest BCUT2D eigenvalue weighted by atomic mass is 9.90. The molecule has 4 rings (SSSR count). The normalized spacial score (nSPS) is 19.0. The van der Waals surface area contributed by atoms with Crippen LogP contribution in [0.15, 0.2) is 12.1 Å². The number of nitrogens with one attached hydrogen (secondary N) is 1. The van der Waals surface area contributed by atoms with Crippen molar-refractivity contribution < 1.29 is 9.53 Å². The van der Waals surface area contributed by atoms with Crippen molar-refractivity contribution >= 4 is 22.4 Å². The lowest BCUT2D eigenvalue weighted by molar-refractivity contribution is -0.121. The Balaban J connectivity index is 1.85. The molecule has 0 fully saturated rings. The number of aryl methyl sites for hydroxylation is 2. The van der Waals surface area contributed by atoms with Crippen molar-refractivity contribution in [2.75, 3.05) is 26.1 Å². The highest BCUT2D eigenvalue weighted by atomic mass is 32.1. The van der Waals surface area contributed by atoms with Crippen molar-refractivity contribution in [1.29, 1.82) is 0 Å². The number of rotatable bonds is 3. The average molecular weight is 357 g/mol. The second-order valence-electron chi connectivity index (χ2n) is 6.95. The number of ether oxygens (including phenoxy) is 1. The highest BCUT2D eigenvalue weighted by Gasteiger charge is 2.31. The molecule has 1 N–H and O–H groups in total. The number of hydrogen-bond acceptors (Lipinski definition) is 5. The number of methoxy groups -OCH3 is 1. The van der Waals surface area contributed by atoms with Crippen LogP contribution in [-0.4, -0.2) is 32.1 Å². The van der Waals surface area contributed by atoms with Gasteiger partial charge >= 0.3 is 0 Å². The summed E-state index contributed by atoms with van der Waals surface area (Å²) >= 11 is 1.68. The molecule has 0 bridgehead atoms. The first-order valence-corrected chi connectivity index (χ1v) is 9.51. The molecule has 25 heavy (non-hydrogen) atoms. The third kappa shape index (κ3) is 2.88. The van der Waals surface area contributed by atoms with Crippen LogP contribution < -0.4 is 15.0 Å². The zero-order valence-electron chi connectivity index (χ0n) is 14.9. The number of hydrogen-bond donors (Lipinski definition) is 1. The number of benzene rings is 1. The fourth-order valence-electron chi connectivity index (χ4n) is 3.79. The molecule has 2 heterocycles. The Morgan fingerprint density at radius 3 is 2.76 bits per heavy atom. The van der Waals surface area contributed by atoms with Gasteiger partial charge in [0.2, 0.25) is 5.91 Å². The topological polar surface area (TPSA) is 54.5 Å².